The van der Waals surface area contributed by atoms with E-state index < -0.39 is 5.60 Å². The number of hydrogen-bond acceptors (Lipinski definition) is 7. The van der Waals surface area contributed by atoms with Gasteiger partial charge in [0.1, 0.15) is 23.8 Å². The average molecular weight is 415 g/mol. The van der Waals surface area contributed by atoms with E-state index in [2.05, 4.69) is 16.8 Å². The van der Waals surface area contributed by atoms with Crippen LogP contribution in [0.1, 0.15) is 12.7 Å². The first-order chi connectivity index (χ1) is 14.4. The van der Waals surface area contributed by atoms with Crippen molar-refractivity contribution in [2.24, 2.45) is 5.73 Å². The van der Waals surface area contributed by atoms with Crippen LogP contribution >= 0.6 is 0 Å². The summed E-state index contributed by atoms with van der Waals surface area (Å²) in [6.07, 6.45) is 5.07. The van der Waals surface area contributed by atoms with Crippen molar-refractivity contribution in [2.45, 2.75) is 19.1 Å². The topological polar surface area (TPSA) is 87.7 Å². The van der Waals surface area contributed by atoms with Gasteiger partial charge in [0, 0.05) is 13.2 Å². The summed E-state index contributed by atoms with van der Waals surface area (Å²) < 4.78 is 31.5. The van der Waals surface area contributed by atoms with Crippen molar-refractivity contribution in [2.75, 3.05) is 32.2 Å². The van der Waals surface area contributed by atoms with Crippen LogP contribution in [0, 0.1) is 5.82 Å². The highest BCUT2D eigenvalue weighted by atomic mass is 19.1. The Morgan fingerprint density at radius 3 is 2.70 bits per heavy atom. The zero-order valence-corrected chi connectivity index (χ0v) is 17.3. The summed E-state index contributed by atoms with van der Waals surface area (Å²) in [5.74, 6) is 1.66. The van der Waals surface area contributed by atoms with Gasteiger partial charge in [-0.25, -0.2) is 4.39 Å². The zero-order valence-electron chi connectivity index (χ0n) is 17.3. The number of anilines is 1. The second kappa shape index (κ2) is 9.00. The molecule has 8 nitrogen and oxygen atoms in total. The number of halogens is 1. The van der Waals surface area contributed by atoms with E-state index in [1.54, 1.807) is 37.5 Å². The largest absolute Gasteiger partial charge is 0.484 e. The van der Waals surface area contributed by atoms with Crippen LogP contribution in [0.3, 0.4) is 0 Å². The van der Waals surface area contributed by atoms with Crippen LogP contribution in [-0.2, 0) is 16.1 Å². The highest BCUT2D eigenvalue weighted by molar-refractivity contribution is 5.64. The maximum absolute atomic E-state index is 13.5. The van der Waals surface area contributed by atoms with Crippen molar-refractivity contribution in [3.05, 3.63) is 66.6 Å². The lowest BCUT2D eigenvalue weighted by Gasteiger charge is -2.47. The van der Waals surface area contributed by atoms with Crippen molar-refractivity contribution in [1.29, 1.82) is 0 Å². The van der Waals surface area contributed by atoms with E-state index in [1.165, 1.54) is 19.2 Å². The molecule has 0 spiro atoms. The molecule has 1 aliphatic heterocycles. The highest BCUT2D eigenvalue weighted by Gasteiger charge is 2.43. The lowest BCUT2D eigenvalue weighted by molar-refractivity contribution is 0.0563. The first-order valence-corrected chi connectivity index (χ1v) is 9.36. The fourth-order valence-corrected chi connectivity index (χ4v) is 3.25. The Kier molecular flexibility index (Phi) is 6.41. The summed E-state index contributed by atoms with van der Waals surface area (Å²) >= 11 is 0. The summed E-state index contributed by atoms with van der Waals surface area (Å²) in [4.78, 5) is 2.02. The number of aromatic nitrogens is 3. The summed E-state index contributed by atoms with van der Waals surface area (Å²) in [5.41, 5.74) is 5.95. The number of rotatable bonds is 9. The van der Waals surface area contributed by atoms with Gasteiger partial charge in [0.05, 0.1) is 25.9 Å². The van der Waals surface area contributed by atoms with Crippen molar-refractivity contribution >= 4 is 11.6 Å². The molecule has 0 aliphatic carbocycles. The van der Waals surface area contributed by atoms with Gasteiger partial charge in [-0.3, -0.25) is 4.57 Å². The smallest absolute Gasteiger partial charge is 0.232 e. The SMILES string of the molecule is C=C/C(=C\C=C(/N)OC)n1c(COC)nnc1N1CC(C)(Oc2cccc(F)c2)C1. The number of methoxy groups -OCH3 is 2. The molecule has 0 unspecified atom stereocenters. The number of benzene rings is 1. The van der Waals surface area contributed by atoms with Crippen molar-refractivity contribution in [1.82, 2.24) is 14.8 Å². The van der Waals surface area contributed by atoms with Crippen molar-refractivity contribution < 1.29 is 18.6 Å². The van der Waals surface area contributed by atoms with Gasteiger partial charge in [-0.2, -0.15) is 0 Å². The van der Waals surface area contributed by atoms with E-state index in [4.69, 9.17) is 19.9 Å². The molecule has 160 valence electrons. The molecule has 0 saturated carbocycles. The van der Waals surface area contributed by atoms with Crippen LogP contribution in [0.2, 0.25) is 0 Å². The number of nitrogens with zero attached hydrogens (tertiary/aromatic N) is 4. The third-order valence-electron chi connectivity index (χ3n) is 4.60. The molecule has 3 rings (SSSR count). The van der Waals surface area contributed by atoms with E-state index in [1.807, 2.05) is 16.4 Å². The maximum Gasteiger partial charge on any atom is 0.232 e. The first-order valence-electron chi connectivity index (χ1n) is 9.36. The summed E-state index contributed by atoms with van der Waals surface area (Å²) in [7, 11) is 3.08. The van der Waals surface area contributed by atoms with Gasteiger partial charge in [-0.05, 0) is 37.3 Å². The van der Waals surface area contributed by atoms with E-state index in [-0.39, 0.29) is 18.3 Å². The molecule has 2 heterocycles. The van der Waals surface area contributed by atoms with Crippen LogP contribution in [-0.4, -0.2) is 47.7 Å². The number of ether oxygens (including phenoxy) is 3. The van der Waals surface area contributed by atoms with Crippen LogP contribution in [0.5, 0.6) is 5.75 Å². The Balaban J connectivity index is 1.84. The Labute approximate surface area is 175 Å². The Morgan fingerprint density at radius 2 is 2.07 bits per heavy atom. The van der Waals surface area contributed by atoms with Crippen LogP contribution in [0.15, 0.2) is 55.0 Å². The molecule has 0 atom stereocenters. The third-order valence-corrected chi connectivity index (χ3v) is 4.60. The van der Waals surface area contributed by atoms with E-state index >= 15 is 0 Å². The molecule has 1 aliphatic rings. The standard InChI is InChI=1S/C21H26FN5O3/c1-5-16(9-10-18(23)29-4)27-19(12-28-3)24-25-20(27)26-13-21(2,14-26)30-17-8-6-7-15(22)11-17/h5-11H,1,12-14,23H2,2-4H3/b16-9+,18-10+. The lowest BCUT2D eigenvalue weighted by Crippen LogP contribution is -2.64. The zero-order chi connectivity index (χ0) is 21.7. The van der Waals surface area contributed by atoms with Gasteiger partial charge in [0.15, 0.2) is 11.7 Å². The minimum atomic E-state index is -0.482. The Morgan fingerprint density at radius 1 is 1.30 bits per heavy atom. The summed E-state index contributed by atoms with van der Waals surface area (Å²) in [6, 6.07) is 6.12. The molecule has 1 aromatic heterocycles. The van der Waals surface area contributed by atoms with Gasteiger partial charge < -0.3 is 24.8 Å². The number of hydrogen-bond donors (Lipinski definition) is 1. The molecule has 30 heavy (non-hydrogen) atoms. The van der Waals surface area contributed by atoms with Gasteiger partial charge in [0.2, 0.25) is 5.95 Å². The molecule has 2 aromatic rings. The highest BCUT2D eigenvalue weighted by Crippen LogP contribution is 2.33. The maximum atomic E-state index is 13.5. The molecule has 0 bridgehead atoms. The molecule has 2 N–H and O–H groups in total. The van der Waals surface area contributed by atoms with Crippen molar-refractivity contribution in [3.8, 4) is 5.75 Å². The summed E-state index contributed by atoms with van der Waals surface area (Å²) in [5, 5.41) is 8.58. The molecule has 1 aromatic carbocycles. The average Bonchev–Trinajstić information content (AvgIpc) is 3.10. The Hall–Kier alpha value is -3.33. The van der Waals surface area contributed by atoms with E-state index in [0.717, 1.165) is 0 Å². The molecule has 1 fully saturated rings. The molecule has 0 radical (unpaired) electrons. The van der Waals surface area contributed by atoms with Gasteiger partial charge in [-0.15, -0.1) is 10.2 Å². The Bertz CT molecular complexity index is 963. The predicted octanol–water partition coefficient (Wildman–Crippen LogP) is 2.69. The normalized spacial score (nSPS) is 16.2. The molecule has 9 heteroatoms. The first kappa shape index (κ1) is 21.4. The second-order valence-corrected chi connectivity index (χ2v) is 7.12. The predicted molar refractivity (Wildman–Crippen MR) is 112 cm³/mol. The minimum absolute atomic E-state index is 0.261. The van der Waals surface area contributed by atoms with Crippen LogP contribution < -0.4 is 15.4 Å². The van der Waals surface area contributed by atoms with Crippen LogP contribution in [0.4, 0.5) is 10.3 Å². The fourth-order valence-electron chi connectivity index (χ4n) is 3.25. The fraction of sp³-hybridized carbons (Fsp3) is 0.333. The van der Waals surface area contributed by atoms with Gasteiger partial charge in [-0.1, -0.05) is 12.6 Å². The van der Waals surface area contributed by atoms with E-state index in [9.17, 15) is 4.39 Å². The molecule has 0 amide bonds. The number of nitrogens with two attached hydrogens (primary N) is 1. The minimum Gasteiger partial charge on any atom is -0.484 e. The van der Waals surface area contributed by atoms with E-state index in [0.29, 0.717) is 36.3 Å². The molecular weight excluding hydrogens is 389 g/mol. The van der Waals surface area contributed by atoms with Crippen molar-refractivity contribution in [3.63, 3.8) is 0 Å². The second-order valence-electron chi connectivity index (χ2n) is 7.12. The molecular formula is C21H26FN5O3. The lowest BCUT2D eigenvalue weighted by atomic mass is 9.97. The van der Waals surface area contributed by atoms with Crippen LogP contribution in [0.25, 0.3) is 5.70 Å². The van der Waals surface area contributed by atoms with Gasteiger partial charge in [0.25, 0.3) is 0 Å². The monoisotopic (exact) mass is 415 g/mol. The quantitative estimate of drug-likeness (QED) is 0.498. The van der Waals surface area contributed by atoms with Gasteiger partial charge >= 0.3 is 0 Å². The third kappa shape index (κ3) is 4.62. The summed E-state index contributed by atoms with van der Waals surface area (Å²) in [6.45, 7) is 7.23. The molecule has 1 saturated heterocycles. The number of allylic oxidation sites excluding steroid dienone is 4.